The molecule has 1 aromatic heterocycles. The minimum atomic E-state index is -0.928. The molecule has 0 aliphatic carbocycles. The van der Waals surface area contributed by atoms with Crippen LogP contribution in [0.4, 0.5) is 4.39 Å². The first-order chi connectivity index (χ1) is 8.97. The number of aliphatic carboxylic acids is 1. The number of hydrogen-bond donors (Lipinski definition) is 1. The van der Waals surface area contributed by atoms with E-state index in [1.165, 1.54) is 18.2 Å². The monoisotopic (exact) mass is 300 g/mol. The summed E-state index contributed by atoms with van der Waals surface area (Å²) in [5.74, 6) is -1.46. The molecule has 2 rings (SSSR count). The van der Waals surface area contributed by atoms with Crippen molar-refractivity contribution in [3.8, 4) is 5.69 Å². The zero-order valence-corrected chi connectivity index (χ0v) is 11.5. The molecule has 0 fully saturated rings. The molecular weight excluding hydrogens is 291 g/mol. The minimum absolute atomic E-state index is 0.102. The summed E-state index contributed by atoms with van der Waals surface area (Å²) in [6.07, 6.45) is 1.73. The van der Waals surface area contributed by atoms with Gasteiger partial charge in [-0.25, -0.2) is 9.37 Å². The second kappa shape index (κ2) is 5.63. The lowest BCUT2D eigenvalue weighted by Gasteiger charge is -2.08. The van der Waals surface area contributed by atoms with Crippen LogP contribution in [0.5, 0.6) is 0 Å². The number of carboxylic acid groups (broad SMARTS) is 1. The lowest BCUT2D eigenvalue weighted by molar-refractivity contribution is -0.133. The van der Waals surface area contributed by atoms with Crippen molar-refractivity contribution in [3.63, 3.8) is 0 Å². The van der Waals surface area contributed by atoms with Crippen LogP contribution in [-0.4, -0.2) is 26.4 Å². The van der Waals surface area contributed by atoms with Gasteiger partial charge >= 0.3 is 5.97 Å². The second-order valence-corrected chi connectivity index (χ2v) is 5.16. The van der Waals surface area contributed by atoms with Crippen LogP contribution in [-0.2, 0) is 4.79 Å². The van der Waals surface area contributed by atoms with Crippen LogP contribution in [0.25, 0.3) is 5.69 Å². The maximum Gasteiger partial charge on any atom is 0.313 e. The van der Waals surface area contributed by atoms with E-state index in [1.54, 1.807) is 17.7 Å². The van der Waals surface area contributed by atoms with Crippen LogP contribution >= 0.6 is 23.4 Å². The predicted molar refractivity (Wildman–Crippen MR) is 71.6 cm³/mol. The van der Waals surface area contributed by atoms with Gasteiger partial charge < -0.3 is 5.11 Å². The Balaban J connectivity index is 2.40. The molecule has 0 aliphatic rings. The highest BCUT2D eigenvalue weighted by molar-refractivity contribution is 7.99. The average molecular weight is 301 g/mol. The fourth-order valence-corrected chi connectivity index (χ4v) is 2.56. The normalized spacial score (nSPS) is 10.7. The van der Waals surface area contributed by atoms with Crippen LogP contribution in [0.1, 0.15) is 5.69 Å². The standard InChI is InChI=1S/C12H10ClFN2O2S/c1-7-5-16(12(15-7)19-6-11(17)18)10-3-2-8(14)4-9(10)13/h2-5H,6H2,1H3,(H,17,18). The molecule has 0 spiro atoms. The van der Waals surface area contributed by atoms with Crippen molar-refractivity contribution < 1.29 is 14.3 Å². The molecule has 0 atom stereocenters. The molecule has 0 amide bonds. The number of aromatic nitrogens is 2. The summed E-state index contributed by atoms with van der Waals surface area (Å²) in [4.78, 5) is 14.8. The van der Waals surface area contributed by atoms with Gasteiger partial charge in [0.25, 0.3) is 0 Å². The second-order valence-electron chi connectivity index (χ2n) is 3.81. The van der Waals surface area contributed by atoms with Crippen LogP contribution in [0.3, 0.4) is 0 Å². The maximum absolute atomic E-state index is 13.0. The van der Waals surface area contributed by atoms with Crippen LogP contribution in [0.15, 0.2) is 29.6 Å². The molecule has 1 heterocycles. The molecule has 100 valence electrons. The third kappa shape index (κ3) is 3.27. The Morgan fingerprint density at radius 1 is 1.58 bits per heavy atom. The van der Waals surface area contributed by atoms with Crippen molar-refractivity contribution in [2.75, 3.05) is 5.75 Å². The highest BCUT2D eigenvalue weighted by Crippen LogP contribution is 2.27. The lowest BCUT2D eigenvalue weighted by atomic mass is 10.3. The Bertz CT molecular complexity index is 630. The molecular formula is C12H10ClFN2O2S. The van der Waals surface area contributed by atoms with Crippen molar-refractivity contribution in [2.24, 2.45) is 0 Å². The number of benzene rings is 1. The zero-order valence-electron chi connectivity index (χ0n) is 9.93. The molecule has 0 unspecified atom stereocenters. The van der Waals surface area contributed by atoms with Crippen LogP contribution in [0.2, 0.25) is 5.02 Å². The SMILES string of the molecule is Cc1cn(-c2ccc(F)cc2Cl)c(SCC(=O)O)n1. The quantitative estimate of drug-likeness (QED) is 0.881. The first-order valence-electron chi connectivity index (χ1n) is 5.33. The third-order valence-electron chi connectivity index (χ3n) is 2.29. The zero-order chi connectivity index (χ0) is 14.0. The number of nitrogens with zero attached hydrogens (tertiary/aromatic N) is 2. The number of aryl methyl sites for hydroxylation is 1. The summed E-state index contributed by atoms with van der Waals surface area (Å²) in [5.41, 5.74) is 1.30. The van der Waals surface area contributed by atoms with Crippen molar-refractivity contribution in [1.29, 1.82) is 0 Å². The number of carbonyl (C=O) groups is 1. The van der Waals surface area contributed by atoms with Gasteiger partial charge in [-0.05, 0) is 25.1 Å². The summed E-state index contributed by atoms with van der Waals surface area (Å²) in [6.45, 7) is 1.79. The van der Waals surface area contributed by atoms with Gasteiger partial charge in [0.1, 0.15) is 5.82 Å². The Hall–Kier alpha value is -1.53. The molecule has 2 aromatic rings. The number of hydrogen-bond acceptors (Lipinski definition) is 3. The van der Waals surface area contributed by atoms with Gasteiger partial charge in [-0.2, -0.15) is 0 Å². The molecule has 7 heteroatoms. The first kappa shape index (κ1) is 13.9. The Labute approximate surface area is 118 Å². The molecule has 19 heavy (non-hydrogen) atoms. The van der Waals surface area contributed by atoms with E-state index in [-0.39, 0.29) is 10.8 Å². The van der Waals surface area contributed by atoms with E-state index in [0.717, 1.165) is 17.5 Å². The molecule has 4 nitrogen and oxygen atoms in total. The third-order valence-corrected chi connectivity index (χ3v) is 3.53. The highest BCUT2D eigenvalue weighted by atomic mass is 35.5. The Morgan fingerprint density at radius 2 is 2.32 bits per heavy atom. The Kier molecular flexibility index (Phi) is 4.11. The van der Waals surface area contributed by atoms with Gasteiger partial charge in [-0.15, -0.1) is 0 Å². The predicted octanol–water partition coefficient (Wildman–Crippen LogP) is 3.15. The van der Waals surface area contributed by atoms with Crippen molar-refractivity contribution in [1.82, 2.24) is 9.55 Å². The topological polar surface area (TPSA) is 55.1 Å². The van der Waals surface area contributed by atoms with Crippen molar-refractivity contribution in [2.45, 2.75) is 12.1 Å². The van der Waals surface area contributed by atoms with Crippen LogP contribution in [0, 0.1) is 12.7 Å². The molecule has 0 radical (unpaired) electrons. The minimum Gasteiger partial charge on any atom is -0.481 e. The molecule has 1 aromatic carbocycles. The van der Waals surface area contributed by atoms with Crippen molar-refractivity contribution >= 4 is 29.3 Å². The van der Waals surface area contributed by atoms with E-state index < -0.39 is 11.8 Å². The smallest absolute Gasteiger partial charge is 0.313 e. The van der Waals surface area contributed by atoms with Crippen molar-refractivity contribution in [3.05, 3.63) is 40.9 Å². The summed E-state index contributed by atoms with van der Waals surface area (Å²) in [7, 11) is 0. The maximum atomic E-state index is 13.0. The lowest BCUT2D eigenvalue weighted by Crippen LogP contribution is -2.01. The molecule has 0 saturated heterocycles. The van der Waals surface area contributed by atoms with Crippen LogP contribution < -0.4 is 0 Å². The highest BCUT2D eigenvalue weighted by Gasteiger charge is 2.13. The fraction of sp³-hybridized carbons (Fsp3) is 0.167. The van der Waals surface area contributed by atoms with Gasteiger partial charge in [-0.1, -0.05) is 23.4 Å². The van der Waals surface area contributed by atoms with E-state index in [1.807, 2.05) is 0 Å². The molecule has 0 aliphatic heterocycles. The largest absolute Gasteiger partial charge is 0.481 e. The van der Waals surface area contributed by atoms with Gasteiger partial charge in [0.2, 0.25) is 0 Å². The van der Waals surface area contributed by atoms with E-state index in [0.29, 0.717) is 10.8 Å². The van der Waals surface area contributed by atoms with E-state index in [2.05, 4.69) is 4.98 Å². The summed E-state index contributed by atoms with van der Waals surface area (Å²) in [5, 5.41) is 9.45. The summed E-state index contributed by atoms with van der Waals surface area (Å²) >= 11 is 7.08. The van der Waals surface area contributed by atoms with E-state index in [9.17, 15) is 9.18 Å². The molecule has 0 bridgehead atoms. The number of rotatable bonds is 4. The number of carboxylic acids is 1. The Morgan fingerprint density at radius 3 is 2.95 bits per heavy atom. The van der Waals surface area contributed by atoms with E-state index >= 15 is 0 Å². The van der Waals surface area contributed by atoms with Gasteiger partial charge in [-0.3, -0.25) is 9.36 Å². The fourth-order valence-electron chi connectivity index (χ4n) is 1.55. The molecule has 1 N–H and O–H groups in total. The molecule has 0 saturated carbocycles. The van der Waals surface area contributed by atoms with Gasteiger partial charge in [0.05, 0.1) is 22.2 Å². The van der Waals surface area contributed by atoms with E-state index in [4.69, 9.17) is 16.7 Å². The van der Waals surface area contributed by atoms with Gasteiger partial charge in [0.15, 0.2) is 5.16 Å². The summed E-state index contributed by atoms with van der Waals surface area (Å²) in [6, 6.07) is 4.03. The number of imidazole rings is 1. The average Bonchev–Trinajstić information content (AvgIpc) is 2.67. The summed E-state index contributed by atoms with van der Waals surface area (Å²) < 4.78 is 14.7. The first-order valence-corrected chi connectivity index (χ1v) is 6.69. The number of thioether (sulfide) groups is 1. The van der Waals surface area contributed by atoms with Gasteiger partial charge in [0, 0.05) is 6.20 Å². The number of halogens is 2.